The zero-order valence-electron chi connectivity index (χ0n) is 13.2. The Bertz CT molecular complexity index is 401. The highest BCUT2D eigenvalue weighted by atomic mass is 16.3. The standard InChI is InChI=1S/C16H28N2O/c1-11-9-12(2)14(4)16(13(11)3)15(19)10-17-7-8-18(5)6/h9,15,17,19H,7-8,10H2,1-6H3. The fourth-order valence-corrected chi connectivity index (χ4v) is 2.39. The lowest BCUT2D eigenvalue weighted by Crippen LogP contribution is -2.30. The number of aliphatic hydroxyl groups is 1. The maximum atomic E-state index is 10.4. The van der Waals surface area contributed by atoms with Crippen LogP contribution in [0.25, 0.3) is 0 Å². The number of aryl methyl sites for hydroxylation is 2. The molecule has 0 amide bonds. The molecule has 0 spiro atoms. The molecule has 0 saturated carbocycles. The van der Waals surface area contributed by atoms with Gasteiger partial charge in [-0.25, -0.2) is 0 Å². The Labute approximate surface area is 117 Å². The van der Waals surface area contributed by atoms with E-state index in [1.54, 1.807) is 0 Å². The van der Waals surface area contributed by atoms with Crippen LogP contribution in [0.2, 0.25) is 0 Å². The number of nitrogens with one attached hydrogen (secondary N) is 1. The molecule has 1 rings (SSSR count). The van der Waals surface area contributed by atoms with Gasteiger partial charge in [-0.3, -0.25) is 0 Å². The van der Waals surface area contributed by atoms with Crippen LogP contribution in [-0.4, -0.2) is 43.7 Å². The van der Waals surface area contributed by atoms with Crippen molar-refractivity contribution in [3.05, 3.63) is 33.9 Å². The molecule has 19 heavy (non-hydrogen) atoms. The zero-order valence-corrected chi connectivity index (χ0v) is 13.2. The fraction of sp³-hybridized carbons (Fsp3) is 0.625. The Morgan fingerprint density at radius 3 is 2.11 bits per heavy atom. The van der Waals surface area contributed by atoms with Gasteiger partial charge in [0.15, 0.2) is 0 Å². The molecular weight excluding hydrogens is 236 g/mol. The predicted octanol–water partition coefficient (Wildman–Crippen LogP) is 2.10. The second-order valence-corrected chi connectivity index (χ2v) is 5.70. The van der Waals surface area contributed by atoms with Gasteiger partial charge in [-0.1, -0.05) is 6.07 Å². The topological polar surface area (TPSA) is 35.5 Å². The molecule has 1 atom stereocenters. The van der Waals surface area contributed by atoms with Gasteiger partial charge < -0.3 is 15.3 Å². The van der Waals surface area contributed by atoms with E-state index >= 15 is 0 Å². The average molecular weight is 264 g/mol. The van der Waals surface area contributed by atoms with E-state index in [2.05, 4.69) is 58.1 Å². The van der Waals surface area contributed by atoms with Crippen LogP contribution < -0.4 is 5.32 Å². The Morgan fingerprint density at radius 2 is 1.63 bits per heavy atom. The minimum Gasteiger partial charge on any atom is -0.387 e. The monoisotopic (exact) mass is 264 g/mol. The van der Waals surface area contributed by atoms with Gasteiger partial charge in [0.1, 0.15) is 0 Å². The third-order valence-electron chi connectivity index (χ3n) is 3.83. The Morgan fingerprint density at radius 1 is 1.11 bits per heavy atom. The molecule has 0 aliphatic heterocycles. The largest absolute Gasteiger partial charge is 0.387 e. The highest BCUT2D eigenvalue weighted by molar-refractivity contribution is 5.45. The van der Waals surface area contributed by atoms with E-state index in [9.17, 15) is 5.11 Å². The van der Waals surface area contributed by atoms with Crippen molar-refractivity contribution in [2.75, 3.05) is 33.7 Å². The van der Waals surface area contributed by atoms with E-state index in [0.717, 1.165) is 18.7 Å². The van der Waals surface area contributed by atoms with Crippen LogP contribution in [0.3, 0.4) is 0 Å². The smallest absolute Gasteiger partial charge is 0.0919 e. The van der Waals surface area contributed by atoms with Gasteiger partial charge in [0, 0.05) is 19.6 Å². The highest BCUT2D eigenvalue weighted by Gasteiger charge is 2.15. The minimum atomic E-state index is -0.430. The summed E-state index contributed by atoms with van der Waals surface area (Å²) in [5.74, 6) is 0. The van der Waals surface area contributed by atoms with E-state index in [1.807, 2.05) is 0 Å². The van der Waals surface area contributed by atoms with Gasteiger partial charge in [0.05, 0.1) is 6.10 Å². The van der Waals surface area contributed by atoms with Crippen LogP contribution in [0.4, 0.5) is 0 Å². The van der Waals surface area contributed by atoms with Gasteiger partial charge in [-0.05, 0) is 69.6 Å². The number of likely N-dealkylation sites (N-methyl/N-ethyl adjacent to an activating group) is 1. The number of hydrogen-bond acceptors (Lipinski definition) is 3. The summed E-state index contributed by atoms with van der Waals surface area (Å²) in [6.07, 6.45) is -0.430. The minimum absolute atomic E-state index is 0.430. The van der Waals surface area contributed by atoms with Gasteiger partial charge >= 0.3 is 0 Å². The van der Waals surface area contributed by atoms with Crippen molar-refractivity contribution in [3.8, 4) is 0 Å². The van der Waals surface area contributed by atoms with Crippen LogP contribution in [0.1, 0.15) is 33.9 Å². The molecule has 0 fully saturated rings. The molecule has 1 unspecified atom stereocenters. The first-order chi connectivity index (χ1) is 8.84. The molecule has 0 radical (unpaired) electrons. The second kappa shape index (κ2) is 7.04. The maximum absolute atomic E-state index is 10.4. The lowest BCUT2D eigenvalue weighted by atomic mass is 9.91. The lowest BCUT2D eigenvalue weighted by molar-refractivity contribution is 0.172. The second-order valence-electron chi connectivity index (χ2n) is 5.70. The SMILES string of the molecule is Cc1cc(C)c(C)c(C(O)CNCCN(C)C)c1C. The van der Waals surface area contributed by atoms with Crippen molar-refractivity contribution in [1.29, 1.82) is 0 Å². The molecule has 0 heterocycles. The lowest BCUT2D eigenvalue weighted by Gasteiger charge is -2.21. The quantitative estimate of drug-likeness (QED) is 0.773. The van der Waals surface area contributed by atoms with Crippen molar-refractivity contribution < 1.29 is 5.11 Å². The summed E-state index contributed by atoms with van der Waals surface area (Å²) in [7, 11) is 4.10. The molecule has 1 aromatic rings. The van der Waals surface area contributed by atoms with Crippen molar-refractivity contribution in [2.24, 2.45) is 0 Å². The maximum Gasteiger partial charge on any atom is 0.0919 e. The van der Waals surface area contributed by atoms with Crippen LogP contribution in [0, 0.1) is 27.7 Å². The first-order valence-corrected chi connectivity index (χ1v) is 6.95. The summed E-state index contributed by atoms with van der Waals surface area (Å²) in [6, 6.07) is 2.19. The summed E-state index contributed by atoms with van der Waals surface area (Å²) in [6.45, 7) is 10.9. The number of benzene rings is 1. The molecule has 0 aliphatic carbocycles. The van der Waals surface area contributed by atoms with Crippen LogP contribution in [-0.2, 0) is 0 Å². The predicted molar refractivity (Wildman–Crippen MR) is 81.8 cm³/mol. The van der Waals surface area contributed by atoms with Crippen molar-refractivity contribution in [3.63, 3.8) is 0 Å². The van der Waals surface area contributed by atoms with Crippen LogP contribution in [0.5, 0.6) is 0 Å². The Balaban J connectivity index is 2.74. The third kappa shape index (κ3) is 4.30. The summed E-state index contributed by atoms with van der Waals surface area (Å²) < 4.78 is 0. The van der Waals surface area contributed by atoms with E-state index in [4.69, 9.17) is 0 Å². The number of aliphatic hydroxyl groups excluding tert-OH is 1. The fourth-order valence-electron chi connectivity index (χ4n) is 2.39. The summed E-state index contributed by atoms with van der Waals surface area (Å²) in [5.41, 5.74) is 6.03. The van der Waals surface area contributed by atoms with Crippen LogP contribution >= 0.6 is 0 Å². The zero-order chi connectivity index (χ0) is 14.6. The molecule has 0 aromatic heterocycles. The molecule has 1 aromatic carbocycles. The Kier molecular flexibility index (Phi) is 5.98. The molecule has 0 bridgehead atoms. The van der Waals surface area contributed by atoms with E-state index < -0.39 is 6.10 Å². The molecule has 2 N–H and O–H groups in total. The average Bonchev–Trinajstić information content (AvgIpc) is 2.32. The van der Waals surface area contributed by atoms with Gasteiger partial charge in [0.2, 0.25) is 0 Å². The molecule has 108 valence electrons. The third-order valence-corrected chi connectivity index (χ3v) is 3.83. The van der Waals surface area contributed by atoms with E-state index in [0.29, 0.717) is 6.54 Å². The van der Waals surface area contributed by atoms with Crippen molar-refractivity contribution >= 4 is 0 Å². The summed E-state index contributed by atoms with van der Waals surface area (Å²) in [5, 5.41) is 13.7. The van der Waals surface area contributed by atoms with Crippen LogP contribution in [0.15, 0.2) is 6.07 Å². The molecular formula is C16H28N2O. The first kappa shape index (κ1) is 16.2. The number of rotatable bonds is 6. The number of hydrogen-bond donors (Lipinski definition) is 2. The Hall–Kier alpha value is -0.900. The molecule has 3 heteroatoms. The molecule has 3 nitrogen and oxygen atoms in total. The molecule has 0 aliphatic rings. The molecule has 0 saturated heterocycles. The van der Waals surface area contributed by atoms with Gasteiger partial charge in [-0.15, -0.1) is 0 Å². The summed E-state index contributed by atoms with van der Waals surface area (Å²) >= 11 is 0. The van der Waals surface area contributed by atoms with Gasteiger partial charge in [-0.2, -0.15) is 0 Å². The van der Waals surface area contributed by atoms with Crippen molar-refractivity contribution in [2.45, 2.75) is 33.8 Å². The van der Waals surface area contributed by atoms with Crippen molar-refractivity contribution in [1.82, 2.24) is 10.2 Å². The van der Waals surface area contributed by atoms with E-state index in [-0.39, 0.29) is 0 Å². The first-order valence-electron chi connectivity index (χ1n) is 6.95. The highest BCUT2D eigenvalue weighted by Crippen LogP contribution is 2.26. The summed E-state index contributed by atoms with van der Waals surface area (Å²) in [4.78, 5) is 2.13. The van der Waals surface area contributed by atoms with E-state index in [1.165, 1.54) is 22.3 Å². The van der Waals surface area contributed by atoms with Gasteiger partial charge in [0.25, 0.3) is 0 Å². The normalized spacial score (nSPS) is 13.1. The number of nitrogens with zero attached hydrogens (tertiary/aromatic N) is 1.